The number of nitrogens with one attached hydrogen (secondary N) is 1. The molecule has 4 aromatic rings. The maximum absolute atomic E-state index is 13.7. The van der Waals surface area contributed by atoms with Crippen LogP contribution in [0.5, 0.6) is 5.75 Å². The van der Waals surface area contributed by atoms with Gasteiger partial charge in [-0.25, -0.2) is 0 Å². The fourth-order valence-electron chi connectivity index (χ4n) is 6.14. The minimum atomic E-state index is -0.0551. The minimum Gasteiger partial charge on any atom is -0.493 e. The molecule has 3 aromatic carbocycles. The van der Waals surface area contributed by atoms with Crippen molar-refractivity contribution in [2.24, 2.45) is 0 Å². The molecule has 6 nitrogen and oxygen atoms in total. The van der Waals surface area contributed by atoms with Crippen LogP contribution in [0.25, 0.3) is 17.2 Å². The summed E-state index contributed by atoms with van der Waals surface area (Å²) in [6.07, 6.45) is 4.88. The molecule has 2 aliphatic rings. The van der Waals surface area contributed by atoms with Crippen molar-refractivity contribution in [1.82, 2.24) is 4.90 Å². The van der Waals surface area contributed by atoms with Gasteiger partial charge in [0.1, 0.15) is 5.75 Å². The number of nitrogens with zero attached hydrogens (tertiary/aromatic N) is 2. The minimum absolute atomic E-state index is 0.0551. The first-order chi connectivity index (χ1) is 21.6. The largest absolute Gasteiger partial charge is 0.493 e. The van der Waals surface area contributed by atoms with Gasteiger partial charge >= 0.3 is 0 Å². The lowest BCUT2D eigenvalue weighted by Gasteiger charge is -2.31. The van der Waals surface area contributed by atoms with Gasteiger partial charge in [0.15, 0.2) is 0 Å². The number of amides is 1. The molecular weight excluding hydrogens is 566 g/mol. The number of carbonyl (C=O) groups is 1. The van der Waals surface area contributed by atoms with E-state index >= 15 is 0 Å². The number of carbonyl (C=O) groups excluding carboxylic acids is 1. The lowest BCUT2D eigenvalue weighted by atomic mass is 9.99. The van der Waals surface area contributed by atoms with Crippen molar-refractivity contribution in [1.29, 1.82) is 0 Å². The molecule has 0 saturated carbocycles. The molecular formula is C37H41N3O3S. The van der Waals surface area contributed by atoms with Gasteiger partial charge in [-0.05, 0) is 109 Å². The van der Waals surface area contributed by atoms with Crippen LogP contribution in [0.15, 0.2) is 89.1 Å². The van der Waals surface area contributed by atoms with Gasteiger partial charge in [-0.3, -0.25) is 9.69 Å². The predicted molar refractivity (Wildman–Crippen MR) is 181 cm³/mol. The lowest BCUT2D eigenvalue weighted by molar-refractivity contribution is -0.112. The monoisotopic (exact) mass is 607 g/mol. The molecule has 228 valence electrons. The maximum atomic E-state index is 13.7. The van der Waals surface area contributed by atoms with E-state index in [2.05, 4.69) is 81.5 Å². The lowest BCUT2D eigenvalue weighted by Crippen LogP contribution is -2.36. The van der Waals surface area contributed by atoms with Crippen LogP contribution < -0.4 is 15.0 Å². The number of para-hydroxylation sites is 1. The van der Waals surface area contributed by atoms with Gasteiger partial charge in [0.25, 0.3) is 5.91 Å². The number of thiophene rings is 1. The summed E-state index contributed by atoms with van der Waals surface area (Å²) in [6.45, 7) is 6.74. The summed E-state index contributed by atoms with van der Waals surface area (Å²) in [5.74, 6) is 0.809. The molecule has 7 heteroatoms. The van der Waals surface area contributed by atoms with Crippen molar-refractivity contribution >= 4 is 34.7 Å². The van der Waals surface area contributed by atoms with E-state index in [9.17, 15) is 4.79 Å². The Morgan fingerprint density at radius 3 is 2.64 bits per heavy atom. The first kappa shape index (κ1) is 30.1. The van der Waals surface area contributed by atoms with Gasteiger partial charge in [-0.15, -0.1) is 0 Å². The molecule has 1 N–H and O–H groups in total. The second kappa shape index (κ2) is 14.2. The molecule has 0 spiro atoms. The Labute approximate surface area is 264 Å². The quantitative estimate of drug-likeness (QED) is 0.199. The van der Waals surface area contributed by atoms with Crippen LogP contribution in [0.3, 0.4) is 0 Å². The third-order valence-electron chi connectivity index (χ3n) is 8.55. The SMILES string of the molecule is CCOc1ccccc1-c1ccc2c(c1)C=C(C(=O)Nc1ccc(CN(C)C3CCOCC3)cc1)CCN2Cc1ccsc1. The highest BCUT2D eigenvalue weighted by Gasteiger charge is 2.22. The van der Waals surface area contributed by atoms with Gasteiger partial charge in [-0.2, -0.15) is 11.3 Å². The first-order valence-electron chi connectivity index (χ1n) is 15.6. The summed E-state index contributed by atoms with van der Waals surface area (Å²) in [4.78, 5) is 18.5. The molecule has 0 bridgehead atoms. The van der Waals surface area contributed by atoms with Gasteiger partial charge in [0, 0.05) is 61.4 Å². The number of rotatable bonds is 10. The fraction of sp³-hybridized carbons (Fsp3) is 0.324. The molecule has 1 amide bonds. The van der Waals surface area contributed by atoms with E-state index < -0.39 is 0 Å². The summed E-state index contributed by atoms with van der Waals surface area (Å²) in [5.41, 5.74) is 8.40. The van der Waals surface area contributed by atoms with Crippen molar-refractivity contribution in [3.05, 3.63) is 106 Å². The first-order valence-corrected chi connectivity index (χ1v) is 16.5. The van der Waals surface area contributed by atoms with Crippen LogP contribution in [-0.4, -0.2) is 50.3 Å². The number of anilines is 2. The van der Waals surface area contributed by atoms with Crippen LogP contribution >= 0.6 is 11.3 Å². The summed E-state index contributed by atoms with van der Waals surface area (Å²) in [5, 5.41) is 7.49. The Morgan fingerprint density at radius 1 is 1.05 bits per heavy atom. The molecule has 6 rings (SSSR count). The topological polar surface area (TPSA) is 54.0 Å². The number of benzene rings is 3. The summed E-state index contributed by atoms with van der Waals surface area (Å²) >= 11 is 1.71. The zero-order chi connectivity index (χ0) is 30.3. The standard InChI is InChI=1S/C37H41N3O3S/c1-3-43-36-7-5-4-6-34(36)29-10-13-35-31(22-29)23-30(14-18-40(35)25-28-17-21-44-26-28)37(41)38-32-11-8-27(9-12-32)24-39(2)33-15-19-42-20-16-33/h4-13,17,21-23,26,33H,3,14-16,18-20,24-25H2,1-2H3,(H,38,41). The molecule has 1 saturated heterocycles. The Hall–Kier alpha value is -3.91. The molecule has 44 heavy (non-hydrogen) atoms. The summed E-state index contributed by atoms with van der Waals surface area (Å²) in [7, 11) is 2.19. The average molecular weight is 608 g/mol. The van der Waals surface area contributed by atoms with Gasteiger partial charge in [-0.1, -0.05) is 36.4 Å². The number of fused-ring (bicyclic) bond motifs is 1. The normalized spacial score (nSPS) is 15.4. The van der Waals surface area contributed by atoms with Crippen LogP contribution in [0.2, 0.25) is 0 Å². The maximum Gasteiger partial charge on any atom is 0.251 e. The van der Waals surface area contributed by atoms with E-state index in [0.29, 0.717) is 19.1 Å². The molecule has 2 aliphatic heterocycles. The highest BCUT2D eigenvalue weighted by molar-refractivity contribution is 7.07. The van der Waals surface area contributed by atoms with E-state index in [4.69, 9.17) is 9.47 Å². The Bertz CT molecular complexity index is 1580. The molecule has 0 atom stereocenters. The number of hydrogen-bond acceptors (Lipinski definition) is 6. The molecule has 1 aromatic heterocycles. The van der Waals surface area contributed by atoms with E-state index in [-0.39, 0.29) is 5.91 Å². The Morgan fingerprint density at radius 2 is 1.86 bits per heavy atom. The zero-order valence-electron chi connectivity index (χ0n) is 25.6. The van der Waals surface area contributed by atoms with E-state index in [1.54, 1.807) is 11.3 Å². The van der Waals surface area contributed by atoms with Crippen molar-refractivity contribution in [3.63, 3.8) is 0 Å². The van der Waals surface area contributed by atoms with Crippen molar-refractivity contribution in [2.45, 2.75) is 45.3 Å². The van der Waals surface area contributed by atoms with Crippen molar-refractivity contribution in [2.75, 3.05) is 43.6 Å². The molecule has 0 unspecified atom stereocenters. The number of hydrogen-bond donors (Lipinski definition) is 1. The summed E-state index contributed by atoms with van der Waals surface area (Å²) in [6, 6.07) is 25.7. The highest BCUT2D eigenvalue weighted by atomic mass is 32.1. The third-order valence-corrected chi connectivity index (χ3v) is 9.28. The predicted octanol–water partition coefficient (Wildman–Crippen LogP) is 7.86. The fourth-order valence-corrected chi connectivity index (χ4v) is 6.80. The van der Waals surface area contributed by atoms with Gasteiger partial charge in [0.05, 0.1) is 6.61 Å². The van der Waals surface area contributed by atoms with E-state index in [0.717, 1.165) is 85.1 Å². The van der Waals surface area contributed by atoms with Crippen LogP contribution in [-0.2, 0) is 22.6 Å². The second-order valence-electron chi connectivity index (χ2n) is 11.6. The van der Waals surface area contributed by atoms with Crippen LogP contribution in [0.1, 0.15) is 42.9 Å². The summed E-state index contributed by atoms with van der Waals surface area (Å²) < 4.78 is 11.5. The highest BCUT2D eigenvalue weighted by Crippen LogP contribution is 2.36. The molecule has 1 fully saturated rings. The molecule has 0 radical (unpaired) electrons. The van der Waals surface area contributed by atoms with Crippen LogP contribution in [0, 0.1) is 0 Å². The van der Waals surface area contributed by atoms with Crippen molar-refractivity contribution in [3.8, 4) is 16.9 Å². The van der Waals surface area contributed by atoms with Gasteiger partial charge < -0.3 is 19.7 Å². The van der Waals surface area contributed by atoms with Crippen LogP contribution in [0.4, 0.5) is 11.4 Å². The van der Waals surface area contributed by atoms with Gasteiger partial charge in [0.2, 0.25) is 0 Å². The molecule has 3 heterocycles. The smallest absolute Gasteiger partial charge is 0.251 e. The number of ether oxygens (including phenoxy) is 2. The second-order valence-corrected chi connectivity index (χ2v) is 12.4. The third kappa shape index (κ3) is 7.24. The zero-order valence-corrected chi connectivity index (χ0v) is 26.4. The molecule has 0 aliphatic carbocycles. The van der Waals surface area contributed by atoms with E-state index in [1.807, 2.05) is 37.3 Å². The van der Waals surface area contributed by atoms with E-state index in [1.165, 1.54) is 11.1 Å². The Kier molecular flexibility index (Phi) is 9.76. The average Bonchev–Trinajstić information content (AvgIpc) is 3.50. The van der Waals surface area contributed by atoms with Crippen molar-refractivity contribution < 1.29 is 14.3 Å². The Balaban J connectivity index is 1.22.